The number of pyridine rings is 1. The Bertz CT molecular complexity index is 3060. The molecule has 20 heteroatoms. The van der Waals surface area contributed by atoms with Crippen molar-refractivity contribution < 1.29 is 46.2 Å². The van der Waals surface area contributed by atoms with E-state index in [2.05, 4.69) is 51.3 Å². The van der Waals surface area contributed by atoms with Crippen molar-refractivity contribution in [2.45, 2.75) is 104 Å². The van der Waals surface area contributed by atoms with Crippen LogP contribution in [0.5, 0.6) is 11.6 Å². The predicted octanol–water partition coefficient (Wildman–Crippen LogP) is 7.30. The quantitative estimate of drug-likeness (QED) is 0.0975. The number of hydrogen-bond donors (Lipinski definition) is 3. The van der Waals surface area contributed by atoms with Crippen LogP contribution in [0.25, 0.3) is 11.0 Å². The number of piperidine rings is 1. The Morgan fingerprint density at radius 2 is 1.72 bits per heavy atom. The topological polar surface area (TPSA) is 217 Å². The molecule has 4 atom stereocenters. The van der Waals surface area contributed by atoms with Crippen LogP contribution in [0, 0.1) is 22.5 Å². The van der Waals surface area contributed by atoms with Crippen molar-refractivity contribution in [2.75, 3.05) is 81.0 Å². The van der Waals surface area contributed by atoms with E-state index in [4.69, 9.17) is 34.4 Å². The molecule has 3 aromatic carbocycles. The van der Waals surface area contributed by atoms with Gasteiger partial charge in [0.15, 0.2) is 11.4 Å². The predicted molar refractivity (Wildman–Crippen MR) is 265 cm³/mol. The average Bonchev–Trinajstić information content (AvgIpc) is 3.70. The Hall–Kier alpha value is -6.06. The van der Waals surface area contributed by atoms with Crippen molar-refractivity contribution in [3.63, 3.8) is 0 Å². The number of nitrogens with two attached hydrogens (primary N) is 1. The molecule has 8 heterocycles. The first-order chi connectivity index (χ1) is 34.8. The van der Waals surface area contributed by atoms with Crippen LogP contribution in [0.15, 0.2) is 76.7 Å². The highest BCUT2D eigenvalue weighted by molar-refractivity contribution is 7.91. The number of aromatic amines is 1. The maximum Gasteiger partial charge on any atom is 0.297 e. The fourth-order valence-electron chi connectivity index (χ4n) is 12.7. The number of primary amides is 1. The van der Waals surface area contributed by atoms with E-state index in [0.29, 0.717) is 55.8 Å². The number of anilines is 4. The number of fused-ring (bicyclic) bond motifs is 4. The van der Waals surface area contributed by atoms with Gasteiger partial charge in [-0.1, -0.05) is 24.3 Å². The smallest absolute Gasteiger partial charge is 0.297 e. The molecule has 0 radical (unpaired) electrons. The molecule has 7 aliphatic rings. The van der Waals surface area contributed by atoms with E-state index in [1.807, 2.05) is 17.0 Å². The molecule has 380 valence electrons. The number of hydrogen-bond acceptors (Lipinski definition) is 15. The van der Waals surface area contributed by atoms with Crippen LogP contribution in [-0.2, 0) is 24.0 Å². The van der Waals surface area contributed by atoms with Crippen LogP contribution in [0.4, 0.5) is 32.8 Å². The highest BCUT2D eigenvalue weighted by atomic mass is 32.2. The van der Waals surface area contributed by atoms with Gasteiger partial charge in [0.25, 0.3) is 11.6 Å². The van der Waals surface area contributed by atoms with E-state index in [1.54, 1.807) is 18.3 Å². The number of sulfone groups is 1. The number of nitrogens with zero attached hydrogens (tertiary/aromatic N) is 5. The van der Waals surface area contributed by atoms with Gasteiger partial charge in [0.05, 0.1) is 58.1 Å². The molecule has 0 bridgehead atoms. The number of ether oxygens (including phenoxy) is 5. The first-order valence-corrected chi connectivity index (χ1v) is 26.7. The van der Waals surface area contributed by atoms with Crippen LogP contribution >= 0.6 is 0 Å². The average molecular weight is 1010 g/mol. The molecule has 1 saturated carbocycles. The van der Waals surface area contributed by atoms with Gasteiger partial charge in [-0.2, -0.15) is 4.98 Å². The third kappa shape index (κ3) is 8.00. The lowest BCUT2D eigenvalue weighted by atomic mass is 9.59. The number of nitrogens with one attached hydrogen (secondary N) is 2. The summed E-state index contributed by atoms with van der Waals surface area (Å²) in [6.45, 7) is 6.15. The Kier molecular flexibility index (Phi) is 11.8. The molecule has 4 saturated heterocycles. The van der Waals surface area contributed by atoms with Gasteiger partial charge in [0, 0.05) is 88.7 Å². The lowest BCUT2D eigenvalue weighted by Gasteiger charge is -2.56. The first-order valence-electron chi connectivity index (χ1n) is 25.2. The second kappa shape index (κ2) is 18.2. The lowest BCUT2D eigenvalue weighted by molar-refractivity contribution is -0.384. The van der Waals surface area contributed by atoms with Gasteiger partial charge in [-0.05, 0) is 86.3 Å². The van der Waals surface area contributed by atoms with E-state index in [1.165, 1.54) is 17.2 Å². The van der Waals surface area contributed by atoms with Crippen LogP contribution in [0.1, 0.15) is 78.9 Å². The van der Waals surface area contributed by atoms with Gasteiger partial charge < -0.3 is 49.5 Å². The molecule has 5 aromatic rings. The molecule has 1 spiro atoms. The van der Waals surface area contributed by atoms with Crippen molar-refractivity contribution in [2.24, 2.45) is 11.1 Å². The summed E-state index contributed by atoms with van der Waals surface area (Å²) < 4.78 is 78.7. The molecule has 1 aliphatic carbocycles. The summed E-state index contributed by atoms with van der Waals surface area (Å²) in [4.78, 5) is 40.1. The molecule has 4 N–H and O–H groups in total. The summed E-state index contributed by atoms with van der Waals surface area (Å²) in [5.41, 5.74) is 7.63. The molecule has 1 amide bonds. The van der Waals surface area contributed by atoms with Gasteiger partial charge in [-0.3, -0.25) is 19.8 Å². The van der Waals surface area contributed by atoms with Gasteiger partial charge in [0.1, 0.15) is 34.6 Å². The van der Waals surface area contributed by atoms with E-state index in [-0.39, 0.29) is 84.2 Å². The highest BCUT2D eigenvalue weighted by Gasteiger charge is 2.51. The SMILES string of the molecule is Cc1ccccc1[C@@H]1COCCCN1C1CC2(CCN(c3ccc(C(N)=O)c(N4c5cc6cc[nH]c6nc5O[C@H]5COCC[C@@H]54)c3S(=O)(=O)c3cc4c(c([N+](=O)[O-])c3)N[C@@H](C3(F)CCOCC3)CO4)CC2)C1. The number of amides is 1. The zero-order chi connectivity index (χ0) is 49.5. The van der Waals surface area contributed by atoms with Gasteiger partial charge in [-0.25, -0.2) is 12.8 Å². The number of nitro groups is 1. The second-order valence-electron chi connectivity index (χ2n) is 20.7. The van der Waals surface area contributed by atoms with Crippen molar-refractivity contribution >= 4 is 55.2 Å². The number of benzene rings is 3. The summed E-state index contributed by atoms with van der Waals surface area (Å²) in [7, 11) is -4.86. The summed E-state index contributed by atoms with van der Waals surface area (Å²) in [6, 6.07) is 16.7. The second-order valence-corrected chi connectivity index (χ2v) is 22.6. The molecule has 2 aromatic heterocycles. The molecule has 72 heavy (non-hydrogen) atoms. The largest absolute Gasteiger partial charge is 0.489 e. The molecule has 6 aliphatic heterocycles. The third-order valence-corrected chi connectivity index (χ3v) is 18.4. The van der Waals surface area contributed by atoms with Crippen molar-refractivity contribution in [3.8, 4) is 11.6 Å². The molecule has 0 unspecified atom stereocenters. The van der Waals surface area contributed by atoms with Gasteiger partial charge >= 0.3 is 0 Å². The highest BCUT2D eigenvalue weighted by Crippen LogP contribution is 2.56. The van der Waals surface area contributed by atoms with Crippen molar-refractivity contribution in [3.05, 3.63) is 93.7 Å². The Labute approximate surface area is 416 Å². The van der Waals surface area contributed by atoms with E-state index in [0.717, 1.165) is 56.7 Å². The summed E-state index contributed by atoms with van der Waals surface area (Å²) in [5, 5.41) is 16.8. The molecule has 5 fully saturated rings. The summed E-state index contributed by atoms with van der Waals surface area (Å²) >= 11 is 0. The van der Waals surface area contributed by atoms with Crippen LogP contribution < -0.4 is 30.3 Å². The summed E-state index contributed by atoms with van der Waals surface area (Å²) in [6.07, 6.45) is 6.19. The fourth-order valence-corrected chi connectivity index (χ4v) is 14.4. The van der Waals surface area contributed by atoms with E-state index in [9.17, 15) is 14.9 Å². The molecule has 18 nitrogen and oxygen atoms in total. The number of aryl methyl sites for hydroxylation is 1. The van der Waals surface area contributed by atoms with Crippen molar-refractivity contribution in [1.82, 2.24) is 14.9 Å². The van der Waals surface area contributed by atoms with Crippen LogP contribution in [0.2, 0.25) is 0 Å². The maximum atomic E-state index is 16.3. The number of carbonyl (C=O) groups excluding carboxylic acids is 1. The zero-order valence-corrected chi connectivity index (χ0v) is 41.0. The normalized spacial score (nSPS) is 25.2. The monoisotopic (exact) mass is 1010 g/mol. The molecular formula is C52H59FN8O10S. The minimum absolute atomic E-state index is 0.0196. The Balaban J connectivity index is 0.958. The number of halogens is 1. The maximum absolute atomic E-state index is 16.3. The third-order valence-electron chi connectivity index (χ3n) is 16.6. The number of carbonyl (C=O) groups is 1. The lowest BCUT2D eigenvalue weighted by Crippen LogP contribution is -2.56. The van der Waals surface area contributed by atoms with Gasteiger partial charge in [0.2, 0.25) is 15.7 Å². The Morgan fingerprint density at radius 3 is 2.50 bits per heavy atom. The minimum Gasteiger partial charge on any atom is -0.489 e. The summed E-state index contributed by atoms with van der Waals surface area (Å²) in [5.74, 6) is -0.775. The number of H-pyrrole nitrogens is 1. The number of alkyl halides is 1. The van der Waals surface area contributed by atoms with Gasteiger partial charge in [-0.15, -0.1) is 0 Å². The molecule has 12 rings (SSSR count). The number of aromatic nitrogens is 2. The van der Waals surface area contributed by atoms with Crippen LogP contribution in [-0.4, -0.2) is 130 Å². The minimum atomic E-state index is -4.86. The van der Waals surface area contributed by atoms with E-state index < -0.39 is 55.1 Å². The number of rotatable bonds is 9. The van der Waals surface area contributed by atoms with Crippen LogP contribution in [0.3, 0.4) is 0 Å². The zero-order valence-electron chi connectivity index (χ0n) is 40.1. The van der Waals surface area contributed by atoms with E-state index >= 15 is 12.8 Å². The Morgan fingerprint density at radius 1 is 0.931 bits per heavy atom. The fraction of sp³-hybridized carbons (Fsp3) is 0.500. The standard InChI is InChI=1S/C52H59FN8O10S/c1-31-5-2-3-6-35(31)41-28-68-19-4-16-59(41)33-26-51(27-33)11-17-58(18-12-51)38-8-7-36(48(54)62)46(60-37-10-20-69-29-43(37)71-50-40(60)23-32-9-15-55-49(32)57-50)47(38)72(65,66)34-24-39(61(63)64)45-42(25-34)70-30-44(56-45)52(53)13-21-67-22-14-52/h2-3,5-9,15,23-25,33,37,41,43-44,56H,4,10-14,16-22,26-30H2,1H3,(H2,54,62)(H,55,57)/t37-,41-,43-,44+/m0/s1. The number of nitro benzene ring substituents is 1. The first kappa shape index (κ1) is 47.0. The molecular weight excluding hydrogens is 948 g/mol. The van der Waals surface area contributed by atoms with Crippen molar-refractivity contribution in [1.29, 1.82) is 0 Å².